The van der Waals surface area contributed by atoms with Crippen LogP contribution in [0.1, 0.15) is 26.3 Å². The predicted octanol–water partition coefficient (Wildman–Crippen LogP) is 4.88. The Morgan fingerprint density at radius 3 is 2.44 bits per heavy atom. The second kappa shape index (κ2) is 6.85. The Kier molecular flexibility index (Phi) is 5.44. The van der Waals surface area contributed by atoms with E-state index in [9.17, 15) is 0 Å². The van der Waals surface area contributed by atoms with Gasteiger partial charge in [-0.15, -0.1) is 0 Å². The van der Waals surface area contributed by atoms with Gasteiger partial charge in [-0.1, -0.05) is 69.8 Å². The van der Waals surface area contributed by atoms with E-state index >= 15 is 0 Å². The van der Waals surface area contributed by atoms with Crippen LogP contribution in [0.3, 0.4) is 0 Å². The Morgan fingerprint density at radius 2 is 1.89 bits per heavy atom. The van der Waals surface area contributed by atoms with E-state index in [-0.39, 0.29) is 5.41 Å². The van der Waals surface area contributed by atoms with E-state index < -0.39 is 0 Å². The van der Waals surface area contributed by atoms with Crippen LogP contribution in [0, 0.1) is 5.41 Å². The predicted molar refractivity (Wildman–Crippen MR) is 78.1 cm³/mol. The molecule has 0 radical (unpaired) electrons. The van der Waals surface area contributed by atoms with Crippen LogP contribution in [0.5, 0.6) is 0 Å². The Morgan fingerprint density at radius 1 is 1.22 bits per heavy atom. The average molecular weight is 242 g/mol. The molecule has 1 aromatic rings. The standard InChI is InChI=1S/C17H22O/c1-5-16(12-9-13-17(2,3)4)18-14-15-10-7-6-8-11-15/h5-13H,1,14H2,2-4H3/b13-9+,16-12-. The number of rotatable bonds is 5. The zero-order chi connectivity index (χ0) is 13.4. The summed E-state index contributed by atoms with van der Waals surface area (Å²) in [6, 6.07) is 10.1. The van der Waals surface area contributed by atoms with Gasteiger partial charge in [0.05, 0.1) is 0 Å². The van der Waals surface area contributed by atoms with Gasteiger partial charge in [-0.05, 0) is 23.1 Å². The van der Waals surface area contributed by atoms with Crippen molar-refractivity contribution in [2.24, 2.45) is 5.41 Å². The molecule has 18 heavy (non-hydrogen) atoms. The van der Waals surface area contributed by atoms with Gasteiger partial charge in [-0.2, -0.15) is 0 Å². The third-order valence-corrected chi connectivity index (χ3v) is 2.31. The molecule has 0 unspecified atom stereocenters. The lowest BCUT2D eigenvalue weighted by Crippen LogP contribution is -1.98. The maximum absolute atomic E-state index is 5.68. The molecular formula is C17H22O. The monoisotopic (exact) mass is 242 g/mol. The summed E-state index contributed by atoms with van der Waals surface area (Å²) in [5, 5.41) is 0. The van der Waals surface area contributed by atoms with Gasteiger partial charge in [-0.3, -0.25) is 0 Å². The van der Waals surface area contributed by atoms with Crippen molar-refractivity contribution in [1.82, 2.24) is 0 Å². The van der Waals surface area contributed by atoms with Crippen LogP contribution >= 0.6 is 0 Å². The molecule has 0 aliphatic rings. The number of benzene rings is 1. The van der Waals surface area contributed by atoms with Gasteiger partial charge < -0.3 is 4.74 Å². The molecule has 0 amide bonds. The third kappa shape index (κ3) is 6.09. The summed E-state index contributed by atoms with van der Waals surface area (Å²) in [5.41, 5.74) is 1.34. The first-order chi connectivity index (χ1) is 8.51. The van der Waals surface area contributed by atoms with Crippen molar-refractivity contribution in [3.05, 3.63) is 72.5 Å². The molecule has 1 aromatic carbocycles. The largest absolute Gasteiger partial charge is 0.489 e. The molecule has 1 heteroatoms. The van der Waals surface area contributed by atoms with Crippen molar-refractivity contribution in [3.63, 3.8) is 0 Å². The summed E-state index contributed by atoms with van der Waals surface area (Å²) < 4.78 is 5.68. The summed E-state index contributed by atoms with van der Waals surface area (Å²) in [6.07, 6.45) is 7.83. The quantitative estimate of drug-likeness (QED) is 0.528. The van der Waals surface area contributed by atoms with Gasteiger partial charge in [0.25, 0.3) is 0 Å². The first kappa shape index (κ1) is 14.3. The van der Waals surface area contributed by atoms with Crippen LogP contribution < -0.4 is 0 Å². The van der Waals surface area contributed by atoms with Gasteiger partial charge in [0.2, 0.25) is 0 Å². The Bertz CT molecular complexity index is 419. The van der Waals surface area contributed by atoms with Crippen LogP contribution in [0.25, 0.3) is 0 Å². The van der Waals surface area contributed by atoms with Crippen LogP contribution in [-0.2, 0) is 11.3 Å². The molecule has 96 valence electrons. The minimum Gasteiger partial charge on any atom is -0.489 e. The van der Waals surface area contributed by atoms with Crippen molar-refractivity contribution in [2.45, 2.75) is 27.4 Å². The smallest absolute Gasteiger partial charge is 0.119 e. The molecule has 0 aliphatic heterocycles. The van der Waals surface area contributed by atoms with Crippen molar-refractivity contribution in [1.29, 1.82) is 0 Å². The SMILES string of the molecule is C=C/C(=C/C=C/C(C)(C)C)OCc1ccccc1. The number of hydrogen-bond acceptors (Lipinski definition) is 1. The van der Waals surface area contributed by atoms with E-state index in [0.717, 1.165) is 11.3 Å². The van der Waals surface area contributed by atoms with E-state index in [1.54, 1.807) is 6.08 Å². The lowest BCUT2D eigenvalue weighted by Gasteiger charge is -2.10. The lowest BCUT2D eigenvalue weighted by molar-refractivity contribution is 0.211. The van der Waals surface area contributed by atoms with Gasteiger partial charge in [0, 0.05) is 0 Å². The molecule has 0 spiro atoms. The molecule has 0 aromatic heterocycles. The van der Waals surface area contributed by atoms with E-state index in [0.29, 0.717) is 6.61 Å². The molecular weight excluding hydrogens is 220 g/mol. The normalized spacial score (nSPS) is 12.7. The lowest BCUT2D eigenvalue weighted by atomic mass is 9.96. The molecule has 0 saturated heterocycles. The summed E-state index contributed by atoms with van der Waals surface area (Å²) in [6.45, 7) is 10.8. The molecule has 0 atom stereocenters. The first-order valence-corrected chi connectivity index (χ1v) is 6.20. The molecule has 1 nitrogen and oxygen atoms in total. The highest BCUT2D eigenvalue weighted by atomic mass is 16.5. The zero-order valence-corrected chi connectivity index (χ0v) is 11.5. The summed E-state index contributed by atoms with van der Waals surface area (Å²) in [5.74, 6) is 0.791. The number of ether oxygens (including phenoxy) is 1. The maximum Gasteiger partial charge on any atom is 0.119 e. The molecule has 0 heterocycles. The molecule has 1 rings (SSSR count). The molecule has 0 bridgehead atoms. The minimum atomic E-state index is 0.183. The van der Waals surface area contributed by atoms with Crippen molar-refractivity contribution in [2.75, 3.05) is 0 Å². The molecule has 0 saturated carbocycles. The van der Waals surface area contributed by atoms with Crippen molar-refractivity contribution < 1.29 is 4.74 Å². The van der Waals surface area contributed by atoms with E-state index in [4.69, 9.17) is 4.74 Å². The van der Waals surface area contributed by atoms with E-state index in [2.05, 4.69) is 33.4 Å². The summed E-state index contributed by atoms with van der Waals surface area (Å²) in [4.78, 5) is 0. The fraction of sp³-hybridized carbons (Fsp3) is 0.294. The van der Waals surface area contributed by atoms with E-state index in [1.165, 1.54) is 0 Å². The molecule has 0 aliphatic carbocycles. The summed E-state index contributed by atoms with van der Waals surface area (Å²) in [7, 11) is 0. The minimum absolute atomic E-state index is 0.183. The maximum atomic E-state index is 5.68. The molecule has 0 fully saturated rings. The van der Waals surface area contributed by atoms with Crippen molar-refractivity contribution in [3.8, 4) is 0 Å². The Balaban J connectivity index is 2.55. The third-order valence-electron chi connectivity index (χ3n) is 2.31. The second-order valence-electron chi connectivity index (χ2n) is 5.27. The highest BCUT2D eigenvalue weighted by Crippen LogP contribution is 2.15. The second-order valence-corrected chi connectivity index (χ2v) is 5.27. The van der Waals surface area contributed by atoms with Crippen molar-refractivity contribution >= 4 is 0 Å². The van der Waals surface area contributed by atoms with Gasteiger partial charge in [0.15, 0.2) is 0 Å². The fourth-order valence-electron chi connectivity index (χ4n) is 1.35. The topological polar surface area (TPSA) is 9.23 Å². The highest BCUT2D eigenvalue weighted by Gasteiger charge is 2.02. The average Bonchev–Trinajstić information content (AvgIpc) is 2.33. The number of hydrogen-bond donors (Lipinski definition) is 0. The van der Waals surface area contributed by atoms with E-state index in [1.807, 2.05) is 42.5 Å². The fourth-order valence-corrected chi connectivity index (χ4v) is 1.35. The zero-order valence-electron chi connectivity index (χ0n) is 11.5. The van der Waals surface area contributed by atoms with Gasteiger partial charge in [-0.25, -0.2) is 0 Å². The summed E-state index contributed by atoms with van der Waals surface area (Å²) >= 11 is 0. The Labute approximate surface area is 110 Å². The highest BCUT2D eigenvalue weighted by molar-refractivity contribution is 5.19. The number of allylic oxidation sites excluding steroid dienone is 4. The van der Waals surface area contributed by atoms with Crippen LogP contribution in [-0.4, -0.2) is 0 Å². The van der Waals surface area contributed by atoms with Crippen LogP contribution in [0.4, 0.5) is 0 Å². The molecule has 0 N–H and O–H groups in total. The van der Waals surface area contributed by atoms with Gasteiger partial charge >= 0.3 is 0 Å². The van der Waals surface area contributed by atoms with Gasteiger partial charge in [0.1, 0.15) is 12.4 Å². The van der Waals surface area contributed by atoms with Crippen LogP contribution in [0.2, 0.25) is 0 Å². The first-order valence-electron chi connectivity index (χ1n) is 6.20. The van der Waals surface area contributed by atoms with Crippen LogP contribution in [0.15, 0.2) is 67.0 Å². The Hall–Kier alpha value is -1.76.